The summed E-state index contributed by atoms with van der Waals surface area (Å²) in [7, 11) is -3.47. The molecule has 1 aliphatic heterocycles. The monoisotopic (exact) mass is 505 g/mol. The summed E-state index contributed by atoms with van der Waals surface area (Å²) in [6.07, 6.45) is 1.86. The number of anilines is 1. The second-order valence-electron chi connectivity index (χ2n) is 7.32. The van der Waals surface area contributed by atoms with Crippen LogP contribution in [0, 0.1) is 0 Å². The zero-order valence-corrected chi connectivity index (χ0v) is 20.0. The molecule has 0 bridgehead atoms. The molecule has 5 nitrogen and oxygen atoms in total. The van der Waals surface area contributed by atoms with Crippen molar-refractivity contribution >= 4 is 42.4 Å². The minimum absolute atomic E-state index is 0.330. The summed E-state index contributed by atoms with van der Waals surface area (Å²) < 4.78 is 28.1. The van der Waals surface area contributed by atoms with Crippen molar-refractivity contribution in [3.8, 4) is 0 Å². The van der Waals surface area contributed by atoms with E-state index in [2.05, 4.69) is 57.4 Å². The zero-order chi connectivity index (χ0) is 21.1. The van der Waals surface area contributed by atoms with Gasteiger partial charge in [-0.2, -0.15) is 4.31 Å². The third kappa shape index (κ3) is 4.77. The zero-order valence-electron chi connectivity index (χ0n) is 16.8. The number of halogens is 1. The van der Waals surface area contributed by atoms with Crippen molar-refractivity contribution in [3.63, 3.8) is 0 Å². The highest BCUT2D eigenvalue weighted by Crippen LogP contribution is 2.26. The quantitative estimate of drug-likeness (QED) is 0.492. The molecule has 2 heterocycles. The van der Waals surface area contributed by atoms with Crippen LogP contribution >= 0.6 is 27.3 Å². The lowest BCUT2D eigenvalue weighted by Gasteiger charge is -2.33. The molecule has 1 fully saturated rings. The van der Waals surface area contributed by atoms with Crippen molar-refractivity contribution in [1.29, 1.82) is 0 Å². The van der Waals surface area contributed by atoms with E-state index in [1.807, 2.05) is 6.07 Å². The largest absolute Gasteiger partial charge is 0.345 e. The van der Waals surface area contributed by atoms with E-state index in [9.17, 15) is 8.42 Å². The summed E-state index contributed by atoms with van der Waals surface area (Å²) in [6, 6.07) is 15.6. The number of rotatable bonds is 6. The van der Waals surface area contributed by atoms with E-state index in [4.69, 9.17) is 4.98 Å². The van der Waals surface area contributed by atoms with Crippen LogP contribution in [-0.4, -0.2) is 43.9 Å². The molecule has 0 saturated carbocycles. The second-order valence-corrected chi connectivity index (χ2v) is 11.0. The number of sulfonamides is 1. The number of nitrogens with zero attached hydrogens (tertiary/aromatic N) is 3. The van der Waals surface area contributed by atoms with Gasteiger partial charge in [-0.3, -0.25) is 0 Å². The van der Waals surface area contributed by atoms with E-state index in [1.54, 1.807) is 33.8 Å². The number of thiazole rings is 1. The summed E-state index contributed by atoms with van der Waals surface area (Å²) >= 11 is 4.98. The maximum atomic E-state index is 12.9. The van der Waals surface area contributed by atoms with Crippen molar-refractivity contribution < 1.29 is 8.42 Å². The number of aryl methyl sites for hydroxylation is 1. The van der Waals surface area contributed by atoms with Crippen LogP contribution in [0.1, 0.15) is 23.7 Å². The number of benzene rings is 2. The van der Waals surface area contributed by atoms with E-state index in [1.165, 1.54) is 11.1 Å². The maximum Gasteiger partial charge on any atom is 0.243 e. The molecule has 1 saturated heterocycles. The first-order valence-electron chi connectivity index (χ1n) is 9.98. The Morgan fingerprint density at radius 3 is 2.40 bits per heavy atom. The van der Waals surface area contributed by atoms with Gasteiger partial charge in [-0.25, -0.2) is 13.4 Å². The third-order valence-corrected chi connectivity index (χ3v) is 8.64. The van der Waals surface area contributed by atoms with Crippen LogP contribution in [0.2, 0.25) is 0 Å². The van der Waals surface area contributed by atoms with E-state index in [0.717, 1.165) is 28.1 Å². The molecule has 1 aliphatic rings. The summed E-state index contributed by atoms with van der Waals surface area (Å²) in [5.74, 6) is 0. The van der Waals surface area contributed by atoms with Crippen molar-refractivity contribution in [1.82, 2.24) is 9.29 Å². The average Bonchev–Trinajstić information content (AvgIpc) is 3.23. The highest BCUT2D eigenvalue weighted by Gasteiger charge is 2.29. The molecule has 30 heavy (non-hydrogen) atoms. The van der Waals surface area contributed by atoms with Crippen LogP contribution in [0.25, 0.3) is 0 Å². The van der Waals surface area contributed by atoms with Crippen molar-refractivity contribution in [2.24, 2.45) is 0 Å². The predicted molar refractivity (Wildman–Crippen MR) is 126 cm³/mol. The fraction of sp³-hybridized carbons (Fsp3) is 0.318. The molecule has 0 spiro atoms. The van der Waals surface area contributed by atoms with E-state index < -0.39 is 10.0 Å². The minimum atomic E-state index is -3.47. The molecular formula is C22H24BrN3O2S2. The van der Waals surface area contributed by atoms with Gasteiger partial charge in [0.2, 0.25) is 10.0 Å². The number of piperazine rings is 1. The fourth-order valence-electron chi connectivity index (χ4n) is 3.52. The van der Waals surface area contributed by atoms with Gasteiger partial charge in [-0.05, 0) is 35.7 Å². The van der Waals surface area contributed by atoms with E-state index in [0.29, 0.717) is 31.1 Å². The van der Waals surface area contributed by atoms with Gasteiger partial charge in [0, 0.05) is 42.5 Å². The first-order valence-corrected chi connectivity index (χ1v) is 13.1. The Bertz CT molecular complexity index is 1110. The van der Waals surface area contributed by atoms with Gasteiger partial charge in [0.15, 0.2) is 5.13 Å². The van der Waals surface area contributed by atoms with Gasteiger partial charge < -0.3 is 4.90 Å². The molecule has 3 aromatic rings. The first-order chi connectivity index (χ1) is 14.5. The lowest BCUT2D eigenvalue weighted by molar-refractivity contribution is 0.384. The van der Waals surface area contributed by atoms with Gasteiger partial charge in [0.05, 0.1) is 10.6 Å². The smallest absolute Gasteiger partial charge is 0.243 e. The van der Waals surface area contributed by atoms with E-state index >= 15 is 0 Å². The van der Waals surface area contributed by atoms with Gasteiger partial charge >= 0.3 is 0 Å². The third-order valence-electron chi connectivity index (χ3n) is 5.30. The van der Waals surface area contributed by atoms with Crippen LogP contribution in [-0.2, 0) is 22.9 Å². The second kappa shape index (κ2) is 9.18. The topological polar surface area (TPSA) is 53.5 Å². The minimum Gasteiger partial charge on any atom is -0.345 e. The predicted octanol–water partition coefficient (Wildman–Crippen LogP) is 4.57. The van der Waals surface area contributed by atoms with Crippen molar-refractivity contribution in [2.45, 2.75) is 24.7 Å². The standard InChI is InChI=1S/C22H24BrN3O2S2/c1-2-17-6-8-18(9-7-17)14-20-16-29-22(24-20)25-10-12-26(13-11-25)30(27,28)21-5-3-4-19(23)15-21/h3-9,15-16H,2,10-14H2,1H3. The Hall–Kier alpha value is -1.74. The van der Waals surface area contributed by atoms with Gasteiger partial charge in [0.1, 0.15) is 0 Å². The molecular weight excluding hydrogens is 482 g/mol. The lowest BCUT2D eigenvalue weighted by atomic mass is 10.1. The highest BCUT2D eigenvalue weighted by molar-refractivity contribution is 9.10. The average molecular weight is 506 g/mol. The first kappa shape index (κ1) is 21.5. The molecule has 2 aromatic carbocycles. The molecule has 0 unspecified atom stereocenters. The number of hydrogen-bond acceptors (Lipinski definition) is 5. The van der Waals surface area contributed by atoms with E-state index in [-0.39, 0.29) is 0 Å². The molecule has 0 atom stereocenters. The SMILES string of the molecule is CCc1ccc(Cc2csc(N3CCN(S(=O)(=O)c4cccc(Br)c4)CC3)n2)cc1. The van der Waals surface area contributed by atoms with Crippen LogP contribution in [0.4, 0.5) is 5.13 Å². The molecule has 158 valence electrons. The number of aromatic nitrogens is 1. The van der Waals surface area contributed by atoms with Crippen LogP contribution in [0.15, 0.2) is 63.3 Å². The summed E-state index contributed by atoms with van der Waals surface area (Å²) in [4.78, 5) is 7.31. The van der Waals surface area contributed by atoms with Gasteiger partial charge in [0.25, 0.3) is 0 Å². The van der Waals surface area contributed by atoms with Gasteiger partial charge in [-0.15, -0.1) is 11.3 Å². The number of hydrogen-bond donors (Lipinski definition) is 0. The van der Waals surface area contributed by atoms with Crippen LogP contribution in [0.3, 0.4) is 0 Å². The molecule has 0 N–H and O–H groups in total. The van der Waals surface area contributed by atoms with Crippen LogP contribution < -0.4 is 4.90 Å². The van der Waals surface area contributed by atoms with Crippen molar-refractivity contribution in [3.05, 3.63) is 75.2 Å². The Morgan fingerprint density at radius 1 is 1.03 bits per heavy atom. The lowest BCUT2D eigenvalue weighted by Crippen LogP contribution is -2.48. The Kier molecular flexibility index (Phi) is 6.57. The Morgan fingerprint density at radius 2 is 1.73 bits per heavy atom. The fourth-order valence-corrected chi connectivity index (χ4v) is 6.42. The molecule has 4 rings (SSSR count). The summed E-state index contributed by atoms with van der Waals surface area (Å²) in [5, 5.41) is 3.07. The molecule has 0 aliphatic carbocycles. The maximum absolute atomic E-state index is 12.9. The Balaban J connectivity index is 1.38. The van der Waals surface area contributed by atoms with Crippen molar-refractivity contribution in [2.75, 3.05) is 31.1 Å². The molecule has 8 heteroatoms. The van der Waals surface area contributed by atoms with Gasteiger partial charge in [-0.1, -0.05) is 53.2 Å². The normalized spacial score (nSPS) is 15.5. The molecule has 1 aromatic heterocycles. The molecule has 0 amide bonds. The molecule has 0 radical (unpaired) electrons. The summed E-state index contributed by atoms with van der Waals surface area (Å²) in [6.45, 7) is 4.37. The summed E-state index contributed by atoms with van der Waals surface area (Å²) in [5.41, 5.74) is 3.66. The Labute approximate surface area is 190 Å². The highest BCUT2D eigenvalue weighted by atomic mass is 79.9. The van der Waals surface area contributed by atoms with Crippen LogP contribution in [0.5, 0.6) is 0 Å².